The first-order valence-electron chi connectivity index (χ1n) is 8.13. The van der Waals surface area contributed by atoms with Crippen molar-refractivity contribution in [1.29, 1.82) is 0 Å². The van der Waals surface area contributed by atoms with Crippen molar-refractivity contribution in [3.8, 4) is 5.75 Å². The van der Waals surface area contributed by atoms with E-state index in [1.54, 1.807) is 36.0 Å². The van der Waals surface area contributed by atoms with Crippen LogP contribution in [0.2, 0.25) is 0 Å². The molecule has 0 radical (unpaired) electrons. The number of phenols is 1. The number of rotatable bonds is 5. The molecule has 132 valence electrons. The molecule has 1 fully saturated rings. The van der Waals surface area contributed by atoms with Gasteiger partial charge in [-0.15, -0.1) is 0 Å². The summed E-state index contributed by atoms with van der Waals surface area (Å²) in [6, 6.07) is 12.4. The average molecular weight is 359 g/mol. The van der Waals surface area contributed by atoms with E-state index in [1.165, 1.54) is 11.6 Å². The van der Waals surface area contributed by atoms with Crippen LogP contribution >= 0.6 is 11.8 Å². The SMILES string of the molecule is CSCc1ccc(C(=O)Nc2cc(C3OCCCO3)ccc2O)cc1. The average Bonchev–Trinajstić information content (AvgIpc) is 2.65. The molecule has 0 aliphatic carbocycles. The predicted molar refractivity (Wildman–Crippen MR) is 99.0 cm³/mol. The molecule has 3 rings (SSSR count). The van der Waals surface area contributed by atoms with E-state index in [1.807, 2.05) is 18.4 Å². The van der Waals surface area contributed by atoms with Crippen LogP contribution in [-0.4, -0.2) is 30.5 Å². The molecule has 0 unspecified atom stereocenters. The topological polar surface area (TPSA) is 67.8 Å². The Kier molecular flexibility index (Phi) is 5.96. The molecule has 1 amide bonds. The molecule has 6 heteroatoms. The van der Waals surface area contributed by atoms with Crippen LogP contribution in [-0.2, 0) is 15.2 Å². The third-order valence-electron chi connectivity index (χ3n) is 3.90. The summed E-state index contributed by atoms with van der Waals surface area (Å²) < 4.78 is 11.1. The summed E-state index contributed by atoms with van der Waals surface area (Å²) in [6.45, 7) is 1.27. The number of aromatic hydroxyl groups is 1. The van der Waals surface area contributed by atoms with Crippen molar-refractivity contribution in [3.05, 3.63) is 59.2 Å². The fraction of sp³-hybridized carbons (Fsp3) is 0.316. The van der Waals surface area contributed by atoms with E-state index < -0.39 is 6.29 Å². The molecule has 1 heterocycles. The molecular formula is C19H21NO4S. The van der Waals surface area contributed by atoms with Crippen molar-refractivity contribution < 1.29 is 19.4 Å². The number of phenolic OH excluding ortho intramolecular Hbond substituents is 1. The van der Waals surface area contributed by atoms with E-state index in [2.05, 4.69) is 5.32 Å². The van der Waals surface area contributed by atoms with Crippen molar-refractivity contribution in [2.24, 2.45) is 0 Å². The number of ether oxygens (including phenoxy) is 2. The number of thioether (sulfide) groups is 1. The van der Waals surface area contributed by atoms with Crippen LogP contribution in [0.15, 0.2) is 42.5 Å². The predicted octanol–water partition coefficient (Wildman–Crippen LogP) is 3.94. The zero-order valence-corrected chi connectivity index (χ0v) is 14.8. The fourth-order valence-electron chi connectivity index (χ4n) is 2.59. The second-order valence-electron chi connectivity index (χ2n) is 5.79. The molecule has 0 bridgehead atoms. The van der Waals surface area contributed by atoms with Crippen molar-refractivity contribution in [1.82, 2.24) is 0 Å². The van der Waals surface area contributed by atoms with Gasteiger partial charge in [0.15, 0.2) is 6.29 Å². The van der Waals surface area contributed by atoms with Crippen molar-refractivity contribution in [2.75, 3.05) is 24.8 Å². The summed E-state index contributed by atoms with van der Waals surface area (Å²) in [4.78, 5) is 12.4. The van der Waals surface area contributed by atoms with E-state index >= 15 is 0 Å². The van der Waals surface area contributed by atoms with Crippen LogP contribution in [0.5, 0.6) is 5.75 Å². The lowest BCUT2D eigenvalue weighted by atomic mass is 10.1. The molecule has 2 aromatic carbocycles. The number of hydrogen-bond donors (Lipinski definition) is 2. The van der Waals surface area contributed by atoms with Crippen molar-refractivity contribution in [2.45, 2.75) is 18.5 Å². The maximum atomic E-state index is 12.4. The van der Waals surface area contributed by atoms with Crippen molar-refractivity contribution in [3.63, 3.8) is 0 Å². The summed E-state index contributed by atoms with van der Waals surface area (Å²) >= 11 is 1.73. The van der Waals surface area contributed by atoms with E-state index in [4.69, 9.17) is 9.47 Å². The van der Waals surface area contributed by atoms with Gasteiger partial charge in [0.1, 0.15) is 5.75 Å². The third kappa shape index (κ3) is 4.54. The van der Waals surface area contributed by atoms with Crippen LogP contribution in [0.1, 0.15) is 34.2 Å². The van der Waals surface area contributed by atoms with Gasteiger partial charge >= 0.3 is 0 Å². The normalized spacial score (nSPS) is 15.1. The second-order valence-corrected chi connectivity index (χ2v) is 6.65. The summed E-state index contributed by atoms with van der Waals surface area (Å²) in [5.41, 5.74) is 2.82. The first-order valence-corrected chi connectivity index (χ1v) is 9.52. The van der Waals surface area contributed by atoms with Gasteiger partial charge in [-0.3, -0.25) is 4.79 Å². The van der Waals surface area contributed by atoms with Gasteiger partial charge in [-0.2, -0.15) is 11.8 Å². The molecule has 5 nitrogen and oxygen atoms in total. The molecule has 0 spiro atoms. The Bertz CT molecular complexity index is 727. The summed E-state index contributed by atoms with van der Waals surface area (Å²) in [5, 5.41) is 12.8. The van der Waals surface area contributed by atoms with Gasteiger partial charge in [-0.25, -0.2) is 0 Å². The molecule has 2 N–H and O–H groups in total. The Morgan fingerprint density at radius 1 is 1.20 bits per heavy atom. The van der Waals surface area contributed by atoms with Crippen LogP contribution in [0.25, 0.3) is 0 Å². The second kappa shape index (κ2) is 8.38. The summed E-state index contributed by atoms with van der Waals surface area (Å²) in [5.74, 6) is 0.645. The molecule has 1 aliphatic heterocycles. The van der Waals surface area contributed by atoms with E-state index in [0.29, 0.717) is 24.5 Å². The van der Waals surface area contributed by atoms with Crippen LogP contribution < -0.4 is 5.32 Å². The molecule has 2 aromatic rings. The zero-order valence-electron chi connectivity index (χ0n) is 14.0. The monoisotopic (exact) mass is 359 g/mol. The Morgan fingerprint density at radius 2 is 1.92 bits per heavy atom. The lowest BCUT2D eigenvalue weighted by Crippen LogP contribution is -2.18. The molecular weight excluding hydrogens is 338 g/mol. The number of nitrogens with one attached hydrogen (secondary N) is 1. The molecule has 1 saturated heterocycles. The summed E-state index contributed by atoms with van der Waals surface area (Å²) in [7, 11) is 0. The van der Waals surface area contributed by atoms with Crippen LogP contribution in [0.4, 0.5) is 5.69 Å². The number of benzene rings is 2. The number of anilines is 1. The molecule has 0 aromatic heterocycles. The van der Waals surface area contributed by atoms with Gasteiger partial charge in [0.2, 0.25) is 0 Å². The summed E-state index contributed by atoms with van der Waals surface area (Å²) in [6.07, 6.45) is 2.44. The third-order valence-corrected chi connectivity index (χ3v) is 4.52. The Hall–Kier alpha value is -2.02. The van der Waals surface area contributed by atoms with Crippen LogP contribution in [0.3, 0.4) is 0 Å². The lowest BCUT2D eigenvalue weighted by molar-refractivity contribution is -0.183. The van der Waals surface area contributed by atoms with E-state index in [0.717, 1.165) is 17.7 Å². The number of hydrogen-bond acceptors (Lipinski definition) is 5. The minimum absolute atomic E-state index is 0.00640. The minimum atomic E-state index is -0.462. The van der Waals surface area contributed by atoms with E-state index in [9.17, 15) is 9.90 Å². The number of carbonyl (C=O) groups is 1. The maximum Gasteiger partial charge on any atom is 0.255 e. The van der Waals surface area contributed by atoms with Gasteiger partial charge in [-0.1, -0.05) is 18.2 Å². The molecule has 25 heavy (non-hydrogen) atoms. The maximum absolute atomic E-state index is 12.4. The van der Waals surface area contributed by atoms with Crippen LogP contribution in [0, 0.1) is 0 Å². The minimum Gasteiger partial charge on any atom is -0.506 e. The number of carbonyl (C=O) groups excluding carboxylic acids is 1. The standard InChI is InChI=1S/C19H21NO4S/c1-25-12-13-3-5-14(6-4-13)18(22)20-16-11-15(7-8-17(16)21)19-23-9-2-10-24-19/h3-8,11,19,21H,2,9-10,12H2,1H3,(H,20,22). The van der Waals surface area contributed by atoms with Gasteiger partial charge in [0.25, 0.3) is 5.91 Å². The molecule has 1 aliphatic rings. The highest BCUT2D eigenvalue weighted by Crippen LogP contribution is 2.30. The highest BCUT2D eigenvalue weighted by atomic mass is 32.2. The van der Waals surface area contributed by atoms with Gasteiger partial charge < -0.3 is 19.9 Å². The Balaban J connectivity index is 1.73. The zero-order chi connectivity index (χ0) is 17.6. The fourth-order valence-corrected chi connectivity index (χ4v) is 3.12. The van der Waals surface area contributed by atoms with Gasteiger partial charge in [0, 0.05) is 16.9 Å². The van der Waals surface area contributed by atoms with Gasteiger partial charge in [0.05, 0.1) is 18.9 Å². The quantitative estimate of drug-likeness (QED) is 0.792. The molecule has 0 saturated carbocycles. The molecule has 0 atom stereocenters. The van der Waals surface area contributed by atoms with E-state index in [-0.39, 0.29) is 11.7 Å². The largest absolute Gasteiger partial charge is 0.506 e. The smallest absolute Gasteiger partial charge is 0.255 e. The Morgan fingerprint density at radius 3 is 2.60 bits per heavy atom. The lowest BCUT2D eigenvalue weighted by Gasteiger charge is -2.24. The number of amides is 1. The Labute approximate surface area is 151 Å². The first-order chi connectivity index (χ1) is 12.2. The first kappa shape index (κ1) is 17.8. The van der Waals surface area contributed by atoms with Gasteiger partial charge in [-0.05, 0) is 42.5 Å². The highest BCUT2D eigenvalue weighted by Gasteiger charge is 2.18. The van der Waals surface area contributed by atoms with Crippen molar-refractivity contribution >= 4 is 23.4 Å². The highest BCUT2D eigenvalue weighted by molar-refractivity contribution is 7.97.